The number of carbonyl (C=O) groups excluding carboxylic acids is 2. The minimum atomic E-state index is -4.61. The van der Waals surface area contributed by atoms with Crippen LogP contribution in [0.1, 0.15) is 5.89 Å². The number of carboxylic acids is 1. The third-order valence-corrected chi connectivity index (χ3v) is 7.65. The quantitative estimate of drug-likeness (QED) is 0.140. The van der Waals surface area contributed by atoms with Crippen molar-refractivity contribution < 1.29 is 50.0 Å². The predicted molar refractivity (Wildman–Crippen MR) is 123 cm³/mol. The molecule has 21 heteroatoms. The van der Waals surface area contributed by atoms with E-state index < -0.39 is 68.1 Å². The number of aromatic nitrogens is 2. The molecule has 12 nitrogen and oxygen atoms in total. The number of carboxylic acid groups (broad SMARTS) is 1. The summed E-state index contributed by atoms with van der Waals surface area (Å²) in [6.45, 7) is 0. The summed E-state index contributed by atoms with van der Waals surface area (Å²) in [5.41, 5.74) is -4.64. The van der Waals surface area contributed by atoms with Gasteiger partial charge in [0.25, 0.3) is 21.2 Å². The molecule has 3 heterocycles. The molecule has 2 aliphatic heterocycles. The molecule has 0 spiro atoms. The first-order valence-corrected chi connectivity index (χ1v) is 13.2. The van der Waals surface area contributed by atoms with E-state index in [2.05, 4.69) is 15.5 Å². The molecule has 1 unspecified atom stereocenters. The van der Waals surface area contributed by atoms with Crippen molar-refractivity contribution in [2.45, 2.75) is 27.9 Å². The molecule has 1 saturated heterocycles. The van der Waals surface area contributed by atoms with Crippen LogP contribution >= 0.6 is 35.3 Å². The summed E-state index contributed by atoms with van der Waals surface area (Å²) in [6.07, 6.45) is 0. The molecule has 2 aliphatic rings. The Morgan fingerprint density at radius 3 is 2.51 bits per heavy atom. The van der Waals surface area contributed by atoms with Gasteiger partial charge >= 0.3 is 70.6 Å². The van der Waals surface area contributed by atoms with Gasteiger partial charge in [0.05, 0.1) is 5.75 Å². The summed E-state index contributed by atoms with van der Waals surface area (Å²) in [7, 11) is -4.38. The fourth-order valence-corrected chi connectivity index (χ4v) is 5.89. The standard InChI is InChI=1S/C14H13F3N4O8S4.2Na.2H/c15-14(16,17)32-3-6(22)18-8-10(23)21-9(12(24)25)5(1-30-11(8)21)2-31-13-20-19-7(29-13)4-33(26,27)28;;;;/h8,11H,1-4H2,(H,18,22)(H,24,25)(H,26,27,28);;;;/t8?,11-;;;;/m1..../s1. The van der Waals surface area contributed by atoms with Gasteiger partial charge in [-0.05, 0) is 17.3 Å². The Hall–Kier alpha value is 0.0400. The number of halogens is 3. The van der Waals surface area contributed by atoms with Crippen molar-refractivity contribution >= 4 is 122 Å². The number of nitrogens with one attached hydrogen (secondary N) is 1. The average molecular weight is 599 g/mol. The Balaban J connectivity index is 0.00000306. The van der Waals surface area contributed by atoms with Crippen LogP contribution < -0.4 is 5.32 Å². The Morgan fingerprint density at radius 2 is 1.94 bits per heavy atom. The molecule has 0 aromatic carbocycles. The number of alkyl halides is 3. The van der Waals surface area contributed by atoms with E-state index >= 15 is 0 Å². The SMILES string of the molecule is O=C(CSC(F)(F)F)NC1C(=O)N2C(C(=O)O)=C(CSc3nnc(CS(=O)(=O)O)o3)CS[C@H]12.[NaH].[NaH]. The fourth-order valence-electron chi connectivity index (χ4n) is 2.82. The van der Waals surface area contributed by atoms with E-state index in [0.29, 0.717) is 5.57 Å². The van der Waals surface area contributed by atoms with Crippen molar-refractivity contribution in [3.8, 4) is 0 Å². The second-order valence-corrected chi connectivity index (χ2v) is 10.9. The average Bonchev–Trinajstić information content (AvgIpc) is 3.12. The number of hydrogen-bond acceptors (Lipinski definition) is 11. The fraction of sp³-hybridized carbons (Fsp3) is 0.500. The van der Waals surface area contributed by atoms with Crippen molar-refractivity contribution in [3.63, 3.8) is 0 Å². The first-order chi connectivity index (χ1) is 15.2. The zero-order valence-electron chi connectivity index (χ0n) is 15.9. The maximum atomic E-state index is 12.4. The molecule has 0 aliphatic carbocycles. The molecule has 0 saturated carbocycles. The number of aliphatic carboxylic acids is 1. The monoisotopic (exact) mass is 598 g/mol. The van der Waals surface area contributed by atoms with Crippen LogP contribution in [-0.2, 0) is 30.3 Å². The van der Waals surface area contributed by atoms with Crippen molar-refractivity contribution in [2.75, 3.05) is 17.3 Å². The summed E-state index contributed by atoms with van der Waals surface area (Å²) in [5.74, 6) is -5.28. The van der Waals surface area contributed by atoms with E-state index in [4.69, 9.17) is 8.97 Å². The zero-order chi connectivity index (χ0) is 24.6. The van der Waals surface area contributed by atoms with Gasteiger partial charge in [-0.3, -0.25) is 19.0 Å². The van der Waals surface area contributed by atoms with Crippen LogP contribution in [0.4, 0.5) is 13.2 Å². The van der Waals surface area contributed by atoms with Gasteiger partial charge in [0, 0.05) is 11.5 Å². The third kappa shape index (κ3) is 9.08. The van der Waals surface area contributed by atoms with Gasteiger partial charge in [-0.2, -0.15) is 21.6 Å². The van der Waals surface area contributed by atoms with Crippen molar-refractivity contribution in [1.29, 1.82) is 0 Å². The number of rotatable bonds is 9. The van der Waals surface area contributed by atoms with Gasteiger partial charge in [0.1, 0.15) is 17.1 Å². The van der Waals surface area contributed by atoms with E-state index in [1.165, 1.54) is 0 Å². The summed E-state index contributed by atoms with van der Waals surface area (Å²) >= 11 is 1.44. The summed E-state index contributed by atoms with van der Waals surface area (Å²) < 4.78 is 72.2. The zero-order valence-corrected chi connectivity index (χ0v) is 19.2. The van der Waals surface area contributed by atoms with Gasteiger partial charge in [-0.1, -0.05) is 11.8 Å². The molecule has 0 radical (unpaired) electrons. The van der Waals surface area contributed by atoms with Gasteiger partial charge in [-0.25, -0.2) is 4.79 Å². The third-order valence-electron chi connectivity index (χ3n) is 4.06. The van der Waals surface area contributed by atoms with E-state index in [1.807, 2.05) is 0 Å². The minimum absolute atomic E-state index is 0. The van der Waals surface area contributed by atoms with Crippen molar-refractivity contribution in [3.05, 3.63) is 17.2 Å². The normalized spacial score (nSPS) is 19.8. The molecule has 2 amide bonds. The Bertz CT molecular complexity index is 1120. The number of thioether (sulfide) groups is 3. The van der Waals surface area contributed by atoms with Crippen LogP contribution in [0.3, 0.4) is 0 Å². The summed E-state index contributed by atoms with van der Waals surface area (Å²) in [5, 5.41) is 17.9. The second-order valence-electron chi connectivity index (χ2n) is 6.42. The van der Waals surface area contributed by atoms with Gasteiger partial charge < -0.3 is 14.8 Å². The molecular weight excluding hydrogens is 583 g/mol. The van der Waals surface area contributed by atoms with Crippen LogP contribution in [0.5, 0.6) is 0 Å². The second kappa shape index (κ2) is 13.2. The molecular formula is C14H15F3N4Na2O8S4. The molecule has 3 rings (SSSR count). The van der Waals surface area contributed by atoms with E-state index in [-0.39, 0.29) is 87.4 Å². The van der Waals surface area contributed by atoms with Gasteiger partial charge in [0.2, 0.25) is 11.8 Å². The molecule has 0 bridgehead atoms. The number of fused-ring (bicyclic) bond motifs is 1. The van der Waals surface area contributed by atoms with Crippen LogP contribution in [0.15, 0.2) is 20.9 Å². The Morgan fingerprint density at radius 1 is 1.29 bits per heavy atom. The van der Waals surface area contributed by atoms with Crippen molar-refractivity contribution in [2.24, 2.45) is 0 Å². The molecule has 1 fully saturated rings. The van der Waals surface area contributed by atoms with E-state index in [0.717, 1.165) is 28.4 Å². The van der Waals surface area contributed by atoms with Gasteiger partial charge in [0.15, 0.2) is 5.75 Å². The van der Waals surface area contributed by atoms with E-state index in [9.17, 15) is 41.1 Å². The first kappa shape index (κ1) is 33.1. The Labute approximate surface area is 252 Å². The van der Waals surface area contributed by atoms with Gasteiger partial charge in [-0.15, -0.1) is 22.0 Å². The van der Waals surface area contributed by atoms with Crippen LogP contribution in [0.2, 0.25) is 0 Å². The number of nitrogens with zero attached hydrogens (tertiary/aromatic N) is 3. The predicted octanol–water partition coefficient (Wildman–Crippen LogP) is -0.756. The first-order valence-electron chi connectivity index (χ1n) is 8.55. The Kier molecular flexibility index (Phi) is 12.5. The van der Waals surface area contributed by atoms with Crippen molar-refractivity contribution in [1.82, 2.24) is 20.4 Å². The summed E-state index contributed by atoms with van der Waals surface area (Å²) in [6, 6.07) is -1.15. The maximum absolute atomic E-state index is 12.4. The summed E-state index contributed by atoms with van der Waals surface area (Å²) in [4.78, 5) is 36.9. The topological polar surface area (TPSA) is 180 Å². The number of carbonyl (C=O) groups is 3. The van der Waals surface area contributed by atoms with Crippen LogP contribution in [-0.4, -0.2) is 144 Å². The molecule has 186 valence electrons. The van der Waals surface area contributed by atoms with Crippen LogP contribution in [0.25, 0.3) is 0 Å². The number of β-lactam (4-membered cyclic amide) rings is 1. The molecule has 3 N–H and O–H groups in total. The van der Waals surface area contributed by atoms with Crippen LogP contribution in [0, 0.1) is 0 Å². The molecule has 1 aromatic rings. The molecule has 35 heavy (non-hydrogen) atoms. The molecule has 1 aromatic heterocycles. The number of hydrogen-bond donors (Lipinski definition) is 3. The molecule has 2 atom stereocenters. The van der Waals surface area contributed by atoms with E-state index in [1.54, 1.807) is 0 Å². The number of amides is 2.